The van der Waals surface area contributed by atoms with Crippen LogP contribution in [0.25, 0.3) is 0 Å². The van der Waals surface area contributed by atoms with Crippen LogP contribution in [0.2, 0.25) is 0 Å². The van der Waals surface area contributed by atoms with Crippen molar-refractivity contribution in [3.8, 4) is 0 Å². The molecule has 2 nitrogen and oxygen atoms in total. The van der Waals surface area contributed by atoms with Crippen molar-refractivity contribution in [3.05, 3.63) is 52.2 Å². The van der Waals surface area contributed by atoms with Gasteiger partial charge in [0.1, 0.15) is 0 Å². The predicted octanol–water partition coefficient (Wildman–Crippen LogP) is 5.30. The van der Waals surface area contributed by atoms with Crippen molar-refractivity contribution in [2.45, 2.75) is 41.8 Å². The van der Waals surface area contributed by atoms with Crippen LogP contribution >= 0.6 is 23.1 Å². The third-order valence-corrected chi connectivity index (χ3v) is 6.44. The van der Waals surface area contributed by atoms with E-state index < -0.39 is 5.76 Å². The molecular formula is C18H19F2NOS2. The van der Waals surface area contributed by atoms with Gasteiger partial charge in [-0.25, -0.2) is 0 Å². The summed E-state index contributed by atoms with van der Waals surface area (Å²) in [6.07, 6.45) is 4.43. The average Bonchev–Trinajstić information content (AvgIpc) is 3.25. The number of hydrogen-bond acceptors (Lipinski definition) is 3. The SMILES string of the molecule is O=C(NCC1(c2cccs2)CCCC1)c1ccccc1SC(F)F. The molecular weight excluding hydrogens is 348 g/mol. The van der Waals surface area contributed by atoms with Gasteiger partial charge in [-0.2, -0.15) is 8.78 Å². The number of rotatable bonds is 6. The standard InChI is InChI=1S/C18H19F2NOS2/c19-17(20)24-14-7-2-1-6-13(14)16(22)21-12-18(9-3-4-10-18)15-8-5-11-23-15/h1-2,5-8,11,17H,3-4,9-10,12H2,(H,21,22). The van der Waals surface area contributed by atoms with Gasteiger partial charge in [-0.1, -0.05) is 42.8 Å². The van der Waals surface area contributed by atoms with Crippen LogP contribution in [0.4, 0.5) is 8.78 Å². The molecule has 1 N–H and O–H groups in total. The summed E-state index contributed by atoms with van der Waals surface area (Å²) in [6, 6.07) is 10.7. The van der Waals surface area contributed by atoms with Gasteiger partial charge in [-0.05, 0) is 36.4 Å². The molecule has 24 heavy (non-hydrogen) atoms. The summed E-state index contributed by atoms with van der Waals surface area (Å²) < 4.78 is 25.3. The molecule has 1 fully saturated rings. The monoisotopic (exact) mass is 367 g/mol. The van der Waals surface area contributed by atoms with Gasteiger partial charge < -0.3 is 5.32 Å². The molecule has 6 heteroatoms. The minimum absolute atomic E-state index is 0.00533. The molecule has 2 aromatic rings. The smallest absolute Gasteiger partial charge is 0.288 e. The molecule has 1 aromatic carbocycles. The van der Waals surface area contributed by atoms with Gasteiger partial charge in [-0.3, -0.25) is 4.79 Å². The third-order valence-electron chi connectivity index (χ3n) is 4.54. The molecule has 0 radical (unpaired) electrons. The predicted molar refractivity (Wildman–Crippen MR) is 95.1 cm³/mol. The van der Waals surface area contributed by atoms with Crippen LogP contribution in [0.1, 0.15) is 40.9 Å². The quantitative estimate of drug-likeness (QED) is 0.702. The first-order valence-electron chi connectivity index (χ1n) is 7.97. The zero-order valence-corrected chi connectivity index (χ0v) is 14.8. The first-order valence-corrected chi connectivity index (χ1v) is 9.73. The first-order chi connectivity index (χ1) is 11.6. The fraction of sp³-hybridized carbons (Fsp3) is 0.389. The fourth-order valence-electron chi connectivity index (χ4n) is 3.34. The van der Waals surface area contributed by atoms with Crippen molar-refractivity contribution in [2.75, 3.05) is 6.54 Å². The van der Waals surface area contributed by atoms with Crippen LogP contribution in [0, 0.1) is 0 Å². The first kappa shape index (κ1) is 17.4. The summed E-state index contributed by atoms with van der Waals surface area (Å²) in [5, 5.41) is 5.05. The normalized spacial score (nSPS) is 16.5. The molecule has 0 spiro atoms. The van der Waals surface area contributed by atoms with Crippen LogP contribution in [-0.2, 0) is 5.41 Å². The number of halogens is 2. The van der Waals surface area contributed by atoms with Crippen LogP contribution in [0.5, 0.6) is 0 Å². The molecule has 1 amide bonds. The van der Waals surface area contributed by atoms with E-state index in [-0.39, 0.29) is 11.3 Å². The maximum absolute atomic E-state index is 12.7. The van der Waals surface area contributed by atoms with Crippen LogP contribution < -0.4 is 5.32 Å². The number of thioether (sulfide) groups is 1. The van der Waals surface area contributed by atoms with E-state index in [0.717, 1.165) is 25.7 Å². The average molecular weight is 367 g/mol. The lowest BCUT2D eigenvalue weighted by molar-refractivity contribution is 0.0940. The minimum Gasteiger partial charge on any atom is -0.351 e. The summed E-state index contributed by atoms with van der Waals surface area (Å²) >= 11 is 2.14. The third kappa shape index (κ3) is 3.81. The van der Waals surface area contributed by atoms with Gasteiger partial charge in [-0.15, -0.1) is 11.3 Å². The number of thiophene rings is 1. The Morgan fingerprint density at radius 1 is 1.21 bits per heavy atom. The maximum Gasteiger partial charge on any atom is 0.288 e. The van der Waals surface area contributed by atoms with Gasteiger partial charge >= 0.3 is 0 Å². The topological polar surface area (TPSA) is 29.1 Å². The Hall–Kier alpha value is -1.40. The highest BCUT2D eigenvalue weighted by molar-refractivity contribution is 7.99. The Kier molecular flexibility index (Phi) is 5.56. The molecule has 1 aliphatic rings. The summed E-state index contributed by atoms with van der Waals surface area (Å²) in [4.78, 5) is 14.2. The van der Waals surface area contributed by atoms with Gasteiger partial charge in [0.05, 0.1) is 5.56 Å². The Labute approximate surface area is 148 Å². The lowest BCUT2D eigenvalue weighted by Gasteiger charge is -2.28. The van der Waals surface area contributed by atoms with Crippen molar-refractivity contribution < 1.29 is 13.6 Å². The number of amides is 1. The van der Waals surface area contributed by atoms with E-state index in [1.807, 2.05) is 6.07 Å². The zero-order valence-electron chi connectivity index (χ0n) is 13.1. The number of nitrogens with one attached hydrogen (secondary N) is 1. The Balaban J connectivity index is 1.73. The summed E-state index contributed by atoms with van der Waals surface area (Å²) in [5.74, 6) is -2.81. The highest BCUT2D eigenvalue weighted by atomic mass is 32.2. The summed E-state index contributed by atoms with van der Waals surface area (Å²) in [6.45, 7) is 0.556. The van der Waals surface area contributed by atoms with Crippen molar-refractivity contribution in [2.24, 2.45) is 0 Å². The molecule has 1 heterocycles. The molecule has 0 unspecified atom stereocenters. The van der Waals surface area contributed by atoms with Crippen LogP contribution in [0.3, 0.4) is 0 Å². The largest absolute Gasteiger partial charge is 0.351 e. The Bertz CT molecular complexity index is 682. The van der Waals surface area contributed by atoms with Crippen LogP contribution in [0.15, 0.2) is 46.7 Å². The molecule has 1 aliphatic carbocycles. The number of carbonyl (C=O) groups is 1. The van der Waals surface area contributed by atoms with Crippen LogP contribution in [-0.4, -0.2) is 18.2 Å². The van der Waals surface area contributed by atoms with Crippen molar-refractivity contribution in [1.29, 1.82) is 0 Å². The van der Waals surface area contributed by atoms with E-state index in [1.165, 1.54) is 4.88 Å². The van der Waals surface area contributed by atoms with Gasteiger partial charge in [0.25, 0.3) is 11.7 Å². The summed E-state index contributed by atoms with van der Waals surface area (Å²) in [7, 11) is 0. The second-order valence-electron chi connectivity index (χ2n) is 6.02. The fourth-order valence-corrected chi connectivity index (χ4v) is 4.96. The minimum atomic E-state index is -2.54. The zero-order chi connectivity index (χ0) is 17.0. The number of alkyl halides is 2. The van der Waals surface area contributed by atoms with E-state index in [2.05, 4.69) is 16.8 Å². The number of benzene rings is 1. The van der Waals surface area contributed by atoms with Gasteiger partial charge in [0.2, 0.25) is 0 Å². The van der Waals surface area contributed by atoms with Crippen molar-refractivity contribution in [3.63, 3.8) is 0 Å². The molecule has 0 atom stereocenters. The van der Waals surface area contributed by atoms with Gasteiger partial charge in [0.15, 0.2) is 0 Å². The van der Waals surface area contributed by atoms with E-state index in [1.54, 1.807) is 35.6 Å². The Morgan fingerprint density at radius 3 is 2.62 bits per heavy atom. The van der Waals surface area contributed by atoms with E-state index >= 15 is 0 Å². The molecule has 128 valence electrons. The molecule has 1 aromatic heterocycles. The second-order valence-corrected chi connectivity index (χ2v) is 8.00. The van der Waals surface area contributed by atoms with Gasteiger partial charge in [0, 0.05) is 21.7 Å². The molecule has 0 aliphatic heterocycles. The summed E-state index contributed by atoms with van der Waals surface area (Å²) in [5.41, 5.74) is 0.316. The lowest BCUT2D eigenvalue weighted by atomic mass is 9.84. The number of hydrogen-bond donors (Lipinski definition) is 1. The van der Waals surface area contributed by atoms with Crippen molar-refractivity contribution in [1.82, 2.24) is 5.32 Å². The van der Waals surface area contributed by atoms with E-state index in [4.69, 9.17) is 0 Å². The Morgan fingerprint density at radius 2 is 1.96 bits per heavy atom. The highest BCUT2D eigenvalue weighted by Gasteiger charge is 2.36. The van der Waals surface area contributed by atoms with Crippen molar-refractivity contribution >= 4 is 29.0 Å². The highest BCUT2D eigenvalue weighted by Crippen LogP contribution is 2.42. The van der Waals surface area contributed by atoms with E-state index in [0.29, 0.717) is 28.8 Å². The number of carbonyl (C=O) groups excluding carboxylic acids is 1. The second kappa shape index (κ2) is 7.66. The molecule has 3 rings (SSSR count). The molecule has 0 bridgehead atoms. The maximum atomic E-state index is 12.7. The lowest BCUT2D eigenvalue weighted by Crippen LogP contribution is -2.38. The van der Waals surface area contributed by atoms with E-state index in [9.17, 15) is 13.6 Å². The molecule has 1 saturated carbocycles. The molecule has 0 saturated heterocycles.